The van der Waals surface area contributed by atoms with Crippen molar-refractivity contribution in [2.75, 3.05) is 19.8 Å². The number of carbonyl (C=O) groups excluding carboxylic acids is 1. The first-order valence-corrected chi connectivity index (χ1v) is 8.22. The summed E-state index contributed by atoms with van der Waals surface area (Å²) < 4.78 is 5.41. The molecule has 1 saturated heterocycles. The van der Waals surface area contributed by atoms with Gasteiger partial charge in [-0.25, -0.2) is 0 Å². The zero-order chi connectivity index (χ0) is 14.0. The van der Waals surface area contributed by atoms with Crippen LogP contribution in [0.25, 0.3) is 0 Å². The van der Waals surface area contributed by atoms with Crippen molar-refractivity contribution in [3.05, 3.63) is 22.4 Å². The van der Waals surface area contributed by atoms with Gasteiger partial charge in [-0.2, -0.15) is 11.3 Å². The normalized spacial score (nSPS) is 28.6. The van der Waals surface area contributed by atoms with Crippen LogP contribution >= 0.6 is 11.3 Å². The molecule has 2 heterocycles. The zero-order valence-electron chi connectivity index (χ0n) is 11.5. The highest BCUT2D eigenvalue weighted by atomic mass is 32.1. The molecule has 1 saturated carbocycles. The van der Waals surface area contributed by atoms with Crippen LogP contribution in [0.3, 0.4) is 0 Å². The molecule has 1 amide bonds. The fourth-order valence-electron chi connectivity index (χ4n) is 3.54. The number of ether oxygens (including phenoxy) is 1. The topological polar surface area (TPSA) is 58.6 Å². The van der Waals surface area contributed by atoms with Crippen molar-refractivity contribution in [1.82, 2.24) is 5.32 Å². The second-order valence-electron chi connectivity index (χ2n) is 5.94. The van der Waals surface area contributed by atoms with Gasteiger partial charge in [0, 0.05) is 42.0 Å². The molecule has 2 aliphatic rings. The Bertz CT molecular complexity index is 454. The van der Waals surface area contributed by atoms with Crippen LogP contribution in [0.2, 0.25) is 0 Å². The van der Waals surface area contributed by atoms with Crippen LogP contribution in [0.5, 0.6) is 0 Å². The molecule has 0 radical (unpaired) electrons. The smallest absolute Gasteiger partial charge is 0.252 e. The molecule has 1 aromatic rings. The van der Waals surface area contributed by atoms with Crippen LogP contribution in [0.1, 0.15) is 36.0 Å². The summed E-state index contributed by atoms with van der Waals surface area (Å²) >= 11 is 1.52. The molecule has 2 atom stereocenters. The number of aliphatic hydroxyl groups excluding tert-OH is 1. The summed E-state index contributed by atoms with van der Waals surface area (Å²) in [6.07, 6.45) is 3.63. The Morgan fingerprint density at radius 3 is 2.95 bits per heavy atom. The SMILES string of the molecule is O=C(NC[C@@H]1CCC2(CCOCC2)[C@H]1O)c1ccsc1. The van der Waals surface area contributed by atoms with E-state index in [4.69, 9.17) is 4.74 Å². The Morgan fingerprint density at radius 2 is 2.25 bits per heavy atom. The van der Waals surface area contributed by atoms with Gasteiger partial charge in [0.15, 0.2) is 0 Å². The van der Waals surface area contributed by atoms with Crippen molar-refractivity contribution in [1.29, 1.82) is 0 Å². The van der Waals surface area contributed by atoms with Gasteiger partial charge in [0.2, 0.25) is 0 Å². The maximum atomic E-state index is 11.9. The third-order valence-electron chi connectivity index (χ3n) is 4.88. The molecule has 110 valence electrons. The molecule has 1 aromatic heterocycles. The summed E-state index contributed by atoms with van der Waals surface area (Å²) in [5.74, 6) is 0.141. The predicted molar refractivity (Wildman–Crippen MR) is 77.9 cm³/mol. The van der Waals surface area contributed by atoms with Crippen LogP contribution in [0.4, 0.5) is 0 Å². The van der Waals surface area contributed by atoms with Crippen molar-refractivity contribution in [3.8, 4) is 0 Å². The Kier molecular flexibility index (Phi) is 4.10. The molecule has 1 spiro atoms. The van der Waals surface area contributed by atoms with Crippen molar-refractivity contribution >= 4 is 17.2 Å². The molecule has 2 N–H and O–H groups in total. The van der Waals surface area contributed by atoms with Gasteiger partial charge < -0.3 is 15.2 Å². The second kappa shape index (κ2) is 5.84. The summed E-state index contributed by atoms with van der Waals surface area (Å²) in [4.78, 5) is 11.9. The van der Waals surface area contributed by atoms with Crippen LogP contribution in [0.15, 0.2) is 16.8 Å². The number of amides is 1. The lowest BCUT2D eigenvalue weighted by Crippen LogP contribution is -2.41. The molecule has 1 aliphatic heterocycles. The van der Waals surface area contributed by atoms with Gasteiger partial charge in [-0.15, -0.1) is 0 Å². The van der Waals surface area contributed by atoms with E-state index < -0.39 is 0 Å². The lowest BCUT2D eigenvalue weighted by molar-refractivity contribution is -0.0555. The largest absolute Gasteiger partial charge is 0.392 e. The van der Waals surface area contributed by atoms with Crippen molar-refractivity contribution in [3.63, 3.8) is 0 Å². The van der Waals surface area contributed by atoms with Gasteiger partial charge in [-0.05, 0) is 37.1 Å². The maximum Gasteiger partial charge on any atom is 0.252 e. The van der Waals surface area contributed by atoms with Gasteiger partial charge in [0.05, 0.1) is 6.10 Å². The van der Waals surface area contributed by atoms with E-state index in [1.807, 2.05) is 16.8 Å². The van der Waals surface area contributed by atoms with Crippen LogP contribution in [-0.2, 0) is 4.74 Å². The lowest BCUT2D eigenvalue weighted by atomic mass is 9.76. The number of hydrogen-bond donors (Lipinski definition) is 2. The fraction of sp³-hybridized carbons (Fsp3) is 0.667. The molecule has 2 fully saturated rings. The second-order valence-corrected chi connectivity index (χ2v) is 6.72. The van der Waals surface area contributed by atoms with E-state index in [9.17, 15) is 9.90 Å². The molecule has 0 bridgehead atoms. The first-order valence-electron chi connectivity index (χ1n) is 7.27. The van der Waals surface area contributed by atoms with Crippen molar-refractivity contribution in [2.45, 2.75) is 31.8 Å². The fourth-order valence-corrected chi connectivity index (χ4v) is 4.17. The number of hydrogen-bond acceptors (Lipinski definition) is 4. The van der Waals surface area contributed by atoms with E-state index in [2.05, 4.69) is 5.32 Å². The highest BCUT2D eigenvalue weighted by molar-refractivity contribution is 7.08. The van der Waals surface area contributed by atoms with E-state index in [1.165, 1.54) is 11.3 Å². The summed E-state index contributed by atoms with van der Waals surface area (Å²) in [6.45, 7) is 2.08. The summed E-state index contributed by atoms with van der Waals surface area (Å²) in [5.41, 5.74) is 0.749. The first-order chi connectivity index (χ1) is 9.71. The lowest BCUT2D eigenvalue weighted by Gasteiger charge is -2.37. The zero-order valence-corrected chi connectivity index (χ0v) is 12.3. The minimum Gasteiger partial charge on any atom is -0.392 e. The monoisotopic (exact) mass is 295 g/mol. The Hall–Kier alpha value is -0.910. The minimum atomic E-state index is -0.311. The van der Waals surface area contributed by atoms with Crippen LogP contribution in [0, 0.1) is 11.3 Å². The average molecular weight is 295 g/mol. The van der Waals surface area contributed by atoms with E-state index in [1.54, 1.807) is 0 Å². The Morgan fingerprint density at radius 1 is 1.45 bits per heavy atom. The van der Waals surface area contributed by atoms with Crippen LogP contribution < -0.4 is 5.32 Å². The first kappa shape index (κ1) is 14.0. The van der Waals surface area contributed by atoms with E-state index >= 15 is 0 Å². The number of carbonyl (C=O) groups is 1. The standard InChI is InChI=1S/C15H21NO3S/c17-13-11(1-3-15(13)4-6-19-7-5-15)9-16-14(18)12-2-8-20-10-12/h2,8,10-11,13,17H,1,3-7,9H2,(H,16,18)/t11-,13-/m0/s1. The number of aliphatic hydroxyl groups is 1. The Balaban J connectivity index is 1.55. The molecule has 0 unspecified atom stereocenters. The molecule has 20 heavy (non-hydrogen) atoms. The minimum absolute atomic E-state index is 0.0358. The quantitative estimate of drug-likeness (QED) is 0.897. The van der Waals surface area contributed by atoms with Crippen molar-refractivity contribution < 1.29 is 14.6 Å². The summed E-state index contributed by atoms with van der Waals surface area (Å²) in [5, 5.41) is 17.3. The molecule has 0 aromatic carbocycles. The maximum absolute atomic E-state index is 11.9. The third-order valence-corrected chi connectivity index (χ3v) is 5.57. The van der Waals surface area contributed by atoms with Gasteiger partial charge in [-0.3, -0.25) is 4.79 Å². The molecule has 5 heteroatoms. The summed E-state index contributed by atoms with van der Waals surface area (Å²) in [6, 6.07) is 1.82. The highest BCUT2D eigenvalue weighted by Crippen LogP contribution is 2.48. The van der Waals surface area contributed by atoms with Gasteiger partial charge >= 0.3 is 0 Å². The molecule has 4 nitrogen and oxygen atoms in total. The number of nitrogens with one attached hydrogen (secondary N) is 1. The van der Waals surface area contributed by atoms with E-state index in [0.29, 0.717) is 12.1 Å². The number of thiophene rings is 1. The van der Waals surface area contributed by atoms with Gasteiger partial charge in [-0.1, -0.05) is 0 Å². The van der Waals surface area contributed by atoms with Gasteiger partial charge in [0.25, 0.3) is 5.91 Å². The summed E-state index contributed by atoms with van der Waals surface area (Å²) in [7, 11) is 0. The van der Waals surface area contributed by atoms with Crippen LogP contribution in [-0.4, -0.2) is 36.9 Å². The molecule has 3 rings (SSSR count). The predicted octanol–water partition coefficient (Wildman–Crippen LogP) is 2.05. The number of rotatable bonds is 3. The van der Waals surface area contributed by atoms with Gasteiger partial charge in [0.1, 0.15) is 0 Å². The highest BCUT2D eigenvalue weighted by Gasteiger charge is 2.48. The average Bonchev–Trinajstić information content (AvgIpc) is 3.09. The van der Waals surface area contributed by atoms with Crippen molar-refractivity contribution in [2.24, 2.45) is 11.3 Å². The molecular formula is C15H21NO3S. The third kappa shape index (κ3) is 2.62. The molecule has 1 aliphatic carbocycles. The van der Waals surface area contributed by atoms with E-state index in [0.717, 1.165) is 38.9 Å². The van der Waals surface area contributed by atoms with E-state index in [-0.39, 0.29) is 23.3 Å². The molecular weight excluding hydrogens is 274 g/mol. The Labute approximate surface area is 123 Å².